The zero-order chi connectivity index (χ0) is 14.7. The number of aromatic nitrogens is 2. The average molecular weight is 287 g/mol. The summed E-state index contributed by atoms with van der Waals surface area (Å²) in [5.41, 5.74) is 3.67. The van der Waals surface area contributed by atoms with Crippen molar-refractivity contribution in [2.75, 3.05) is 0 Å². The molecule has 0 saturated carbocycles. The van der Waals surface area contributed by atoms with Crippen LogP contribution in [0.25, 0.3) is 0 Å². The minimum atomic E-state index is 0.0385. The Morgan fingerprint density at radius 3 is 3.05 bits per heavy atom. The van der Waals surface area contributed by atoms with Gasteiger partial charge in [-0.3, -0.25) is 9.89 Å². The van der Waals surface area contributed by atoms with Crippen molar-refractivity contribution in [1.82, 2.24) is 15.5 Å². The molecule has 0 bridgehead atoms. The van der Waals surface area contributed by atoms with Crippen LogP contribution in [0.1, 0.15) is 47.7 Å². The molecule has 2 N–H and O–H groups in total. The van der Waals surface area contributed by atoms with E-state index >= 15 is 0 Å². The number of nitrogens with one attached hydrogen (secondary N) is 2. The van der Waals surface area contributed by atoms with Crippen LogP contribution in [0.2, 0.25) is 0 Å². The van der Waals surface area contributed by atoms with Gasteiger partial charge in [0.25, 0.3) is 0 Å². The lowest BCUT2D eigenvalue weighted by Gasteiger charge is -2.11. The molecule has 2 aromatic heterocycles. The Morgan fingerprint density at radius 2 is 2.24 bits per heavy atom. The summed E-state index contributed by atoms with van der Waals surface area (Å²) in [5, 5.41) is 10.4. The summed E-state index contributed by atoms with van der Waals surface area (Å²) in [6, 6.07) is 3.79. The van der Waals surface area contributed by atoms with Crippen molar-refractivity contribution >= 4 is 5.91 Å². The Balaban J connectivity index is 1.48. The van der Waals surface area contributed by atoms with Gasteiger partial charge in [-0.2, -0.15) is 5.10 Å². The van der Waals surface area contributed by atoms with Crippen LogP contribution >= 0.6 is 0 Å². The number of amides is 1. The highest BCUT2D eigenvalue weighted by molar-refractivity contribution is 5.76. The van der Waals surface area contributed by atoms with E-state index in [2.05, 4.69) is 15.5 Å². The average Bonchev–Trinajstić information content (AvgIpc) is 3.09. The number of carbonyl (C=O) groups excluding carboxylic acids is 1. The van der Waals surface area contributed by atoms with Crippen LogP contribution in [0.15, 0.2) is 16.5 Å². The van der Waals surface area contributed by atoms with Gasteiger partial charge in [0.15, 0.2) is 0 Å². The minimum Gasteiger partial charge on any atom is -0.465 e. The van der Waals surface area contributed by atoms with Gasteiger partial charge >= 0.3 is 0 Å². The molecule has 0 saturated heterocycles. The summed E-state index contributed by atoms with van der Waals surface area (Å²) in [6.45, 7) is 2.34. The minimum absolute atomic E-state index is 0.0385. The van der Waals surface area contributed by atoms with Crippen LogP contribution in [0.3, 0.4) is 0 Å². The first-order valence-electron chi connectivity index (χ1n) is 7.59. The Labute approximate surface area is 124 Å². The Hall–Kier alpha value is -2.04. The van der Waals surface area contributed by atoms with Crippen molar-refractivity contribution in [1.29, 1.82) is 0 Å². The molecule has 1 amide bonds. The molecular weight excluding hydrogens is 266 g/mol. The SMILES string of the molecule is Cc1ccc(CNC(=O)CCc2n[nH]c3c2CCCC3)o1. The van der Waals surface area contributed by atoms with Crippen LogP contribution in [0, 0.1) is 6.92 Å². The number of fused-ring (bicyclic) bond motifs is 1. The van der Waals surface area contributed by atoms with E-state index < -0.39 is 0 Å². The van der Waals surface area contributed by atoms with Gasteiger partial charge < -0.3 is 9.73 Å². The predicted molar refractivity (Wildman–Crippen MR) is 78.8 cm³/mol. The van der Waals surface area contributed by atoms with Crippen LogP contribution in [0.4, 0.5) is 0 Å². The second kappa shape index (κ2) is 6.16. The lowest BCUT2D eigenvalue weighted by atomic mass is 9.95. The summed E-state index contributed by atoms with van der Waals surface area (Å²) in [6.07, 6.45) is 5.81. The van der Waals surface area contributed by atoms with Gasteiger partial charge in [-0.05, 0) is 50.3 Å². The first-order chi connectivity index (χ1) is 10.2. The molecule has 0 spiro atoms. The molecule has 3 rings (SSSR count). The Bertz CT molecular complexity index is 627. The lowest BCUT2D eigenvalue weighted by Crippen LogP contribution is -2.23. The quantitative estimate of drug-likeness (QED) is 0.887. The van der Waals surface area contributed by atoms with Gasteiger partial charge in [0.1, 0.15) is 11.5 Å². The van der Waals surface area contributed by atoms with E-state index in [1.165, 1.54) is 24.1 Å². The monoisotopic (exact) mass is 287 g/mol. The largest absolute Gasteiger partial charge is 0.465 e. The van der Waals surface area contributed by atoms with Crippen LogP contribution in [-0.2, 0) is 30.6 Å². The molecule has 0 atom stereocenters. The number of furan rings is 1. The third kappa shape index (κ3) is 3.35. The summed E-state index contributed by atoms with van der Waals surface area (Å²) in [5.74, 6) is 1.69. The summed E-state index contributed by atoms with van der Waals surface area (Å²) in [4.78, 5) is 11.9. The topological polar surface area (TPSA) is 70.9 Å². The lowest BCUT2D eigenvalue weighted by molar-refractivity contribution is -0.121. The third-order valence-corrected chi connectivity index (χ3v) is 3.99. The molecule has 0 unspecified atom stereocenters. The molecule has 112 valence electrons. The molecule has 1 aliphatic carbocycles. The van der Waals surface area contributed by atoms with Crippen molar-refractivity contribution in [3.8, 4) is 0 Å². The Kier molecular flexibility index (Phi) is 4.08. The summed E-state index contributed by atoms with van der Waals surface area (Å²) in [7, 11) is 0. The van der Waals surface area contributed by atoms with E-state index in [1.807, 2.05) is 19.1 Å². The van der Waals surface area contributed by atoms with Gasteiger partial charge in [0.2, 0.25) is 5.91 Å². The van der Waals surface area contributed by atoms with E-state index in [0.29, 0.717) is 19.4 Å². The predicted octanol–water partition coefficient (Wildman–Crippen LogP) is 2.44. The molecule has 5 heteroatoms. The number of nitrogens with zero attached hydrogens (tertiary/aromatic N) is 1. The first kappa shape index (κ1) is 13.9. The number of carbonyl (C=O) groups is 1. The van der Waals surface area contributed by atoms with Crippen molar-refractivity contribution in [3.63, 3.8) is 0 Å². The molecule has 0 radical (unpaired) electrons. The van der Waals surface area contributed by atoms with Gasteiger partial charge in [-0.15, -0.1) is 0 Å². The summed E-state index contributed by atoms with van der Waals surface area (Å²) >= 11 is 0. The zero-order valence-corrected chi connectivity index (χ0v) is 12.4. The molecule has 0 aliphatic heterocycles. The van der Waals surface area contributed by atoms with Crippen LogP contribution < -0.4 is 5.32 Å². The molecule has 0 fully saturated rings. The molecule has 2 heterocycles. The Morgan fingerprint density at radius 1 is 1.38 bits per heavy atom. The highest BCUT2D eigenvalue weighted by Crippen LogP contribution is 2.22. The molecule has 21 heavy (non-hydrogen) atoms. The molecule has 0 aromatic carbocycles. The molecule has 2 aromatic rings. The maximum Gasteiger partial charge on any atom is 0.220 e. The van der Waals surface area contributed by atoms with Gasteiger partial charge in [-0.1, -0.05) is 0 Å². The van der Waals surface area contributed by atoms with Crippen molar-refractivity contribution in [2.45, 2.75) is 52.0 Å². The molecule has 5 nitrogen and oxygen atoms in total. The number of hydrogen-bond donors (Lipinski definition) is 2. The van der Waals surface area contributed by atoms with E-state index in [-0.39, 0.29) is 5.91 Å². The smallest absolute Gasteiger partial charge is 0.220 e. The number of rotatable bonds is 5. The summed E-state index contributed by atoms with van der Waals surface area (Å²) < 4.78 is 5.43. The molecular formula is C16H21N3O2. The van der Waals surface area contributed by atoms with Crippen molar-refractivity contribution < 1.29 is 9.21 Å². The van der Waals surface area contributed by atoms with E-state index in [1.54, 1.807) is 0 Å². The highest BCUT2D eigenvalue weighted by Gasteiger charge is 2.17. The normalized spacial score (nSPS) is 14.0. The van der Waals surface area contributed by atoms with Crippen molar-refractivity contribution in [3.05, 3.63) is 40.6 Å². The van der Waals surface area contributed by atoms with E-state index in [9.17, 15) is 4.79 Å². The standard InChI is InChI=1S/C16H21N3O2/c1-11-6-7-12(21-11)10-17-16(20)9-8-15-13-4-2-3-5-14(13)18-19-15/h6-7H,2-5,8-10H2,1H3,(H,17,20)(H,18,19). The maximum atomic E-state index is 11.9. The van der Waals surface area contributed by atoms with Gasteiger partial charge in [0.05, 0.1) is 12.2 Å². The number of aromatic amines is 1. The van der Waals surface area contributed by atoms with Gasteiger partial charge in [0, 0.05) is 18.5 Å². The van der Waals surface area contributed by atoms with E-state index in [4.69, 9.17) is 4.42 Å². The second-order valence-corrected chi connectivity index (χ2v) is 5.62. The fraction of sp³-hybridized carbons (Fsp3) is 0.500. The van der Waals surface area contributed by atoms with Crippen molar-refractivity contribution in [2.24, 2.45) is 0 Å². The van der Waals surface area contributed by atoms with Crippen LogP contribution in [0.5, 0.6) is 0 Å². The van der Waals surface area contributed by atoms with Gasteiger partial charge in [-0.25, -0.2) is 0 Å². The maximum absolute atomic E-state index is 11.9. The fourth-order valence-corrected chi connectivity index (χ4v) is 2.84. The fourth-order valence-electron chi connectivity index (χ4n) is 2.84. The number of hydrogen-bond acceptors (Lipinski definition) is 3. The number of H-pyrrole nitrogens is 1. The number of aryl methyl sites for hydroxylation is 3. The second-order valence-electron chi connectivity index (χ2n) is 5.62. The molecule has 1 aliphatic rings. The third-order valence-electron chi connectivity index (χ3n) is 3.99. The first-order valence-corrected chi connectivity index (χ1v) is 7.59. The van der Waals surface area contributed by atoms with Crippen LogP contribution in [-0.4, -0.2) is 16.1 Å². The highest BCUT2D eigenvalue weighted by atomic mass is 16.3. The van der Waals surface area contributed by atoms with E-state index in [0.717, 1.165) is 30.1 Å². The zero-order valence-electron chi connectivity index (χ0n) is 12.4.